The average molecular weight is 984 g/mol. The van der Waals surface area contributed by atoms with Gasteiger partial charge in [0.25, 0.3) is 0 Å². The molecule has 11 heteroatoms. The van der Waals surface area contributed by atoms with Crippen molar-refractivity contribution in [3.05, 3.63) is 85.1 Å². The molecule has 0 spiro atoms. The Hall–Kier alpha value is -3.16. The van der Waals surface area contributed by atoms with Gasteiger partial charge in [-0.25, -0.2) is 0 Å². The van der Waals surface area contributed by atoms with E-state index < -0.39 is 67.4 Å². The second-order valence-corrected chi connectivity index (χ2v) is 19.0. The van der Waals surface area contributed by atoms with Crippen LogP contribution in [0.1, 0.15) is 213 Å². The van der Waals surface area contributed by atoms with Gasteiger partial charge >= 0.3 is 5.97 Å². The number of esters is 1. The van der Waals surface area contributed by atoms with Crippen molar-refractivity contribution in [3.8, 4) is 0 Å². The fourth-order valence-corrected chi connectivity index (χ4v) is 8.23. The van der Waals surface area contributed by atoms with E-state index in [1.54, 1.807) is 6.08 Å². The normalized spacial score (nSPS) is 20.4. The van der Waals surface area contributed by atoms with E-state index in [4.69, 9.17) is 14.2 Å². The summed E-state index contributed by atoms with van der Waals surface area (Å²) in [5, 5.41) is 56.7. The Kier molecular flexibility index (Phi) is 43.4. The highest BCUT2D eigenvalue weighted by Gasteiger charge is 2.47. The van der Waals surface area contributed by atoms with Gasteiger partial charge in [-0.15, -0.1) is 0 Å². The van der Waals surface area contributed by atoms with E-state index in [9.17, 15) is 35.1 Å². The third-order valence-corrected chi connectivity index (χ3v) is 12.6. The molecule has 0 aliphatic carbocycles. The molecule has 1 heterocycles. The third kappa shape index (κ3) is 35.0. The average Bonchev–Trinajstić information content (AvgIpc) is 3.36. The minimum atomic E-state index is -1.62. The quantitative estimate of drug-likeness (QED) is 0.0149. The van der Waals surface area contributed by atoms with Gasteiger partial charge in [0, 0.05) is 6.42 Å². The van der Waals surface area contributed by atoms with Crippen molar-refractivity contribution in [1.29, 1.82) is 0 Å². The molecule has 0 aromatic heterocycles. The Balaban J connectivity index is 2.78. The van der Waals surface area contributed by atoms with E-state index in [-0.39, 0.29) is 19.4 Å². The van der Waals surface area contributed by atoms with E-state index in [0.717, 1.165) is 103 Å². The number of rotatable bonds is 45. The van der Waals surface area contributed by atoms with Gasteiger partial charge in [0.1, 0.15) is 24.4 Å². The summed E-state index contributed by atoms with van der Waals surface area (Å²) in [6.07, 6.45) is 49.1. The summed E-state index contributed by atoms with van der Waals surface area (Å²) in [6.45, 7) is 5.50. The zero-order valence-electron chi connectivity index (χ0n) is 44.1. The number of carbonyl (C=O) groups is 2. The molecule has 1 rings (SSSR count). The monoisotopic (exact) mass is 984 g/mol. The SMILES string of the molecule is CC/C=C/C=C/C=C/C=C\CCCCCCC(O)C(=O)NC(COC1OC(CO)C(O)C(O)C1OC(=O)CCCCCCCCC/C=C/C/C=C/CC)C(O)/C=C/CCCCCCCCCCCCC. The highest BCUT2D eigenvalue weighted by Crippen LogP contribution is 2.26. The minimum absolute atomic E-state index is 0.107. The van der Waals surface area contributed by atoms with Crippen molar-refractivity contribution in [3.63, 3.8) is 0 Å². The number of aliphatic hydroxyl groups is 5. The van der Waals surface area contributed by atoms with Crippen molar-refractivity contribution >= 4 is 11.9 Å². The predicted molar refractivity (Wildman–Crippen MR) is 287 cm³/mol. The first-order valence-corrected chi connectivity index (χ1v) is 27.9. The Labute approximate surface area is 425 Å². The summed E-state index contributed by atoms with van der Waals surface area (Å²) in [7, 11) is 0. The number of carbonyl (C=O) groups excluding carboxylic acids is 2. The topological polar surface area (TPSA) is 175 Å². The zero-order valence-corrected chi connectivity index (χ0v) is 44.1. The van der Waals surface area contributed by atoms with Crippen LogP contribution in [0.15, 0.2) is 85.1 Å². The maximum atomic E-state index is 13.4. The first kappa shape index (κ1) is 64.9. The fourth-order valence-electron chi connectivity index (χ4n) is 8.23. The molecular weight excluding hydrogens is 883 g/mol. The summed E-state index contributed by atoms with van der Waals surface area (Å²) in [5.41, 5.74) is 0. The lowest BCUT2D eigenvalue weighted by Gasteiger charge is -2.41. The Morgan fingerprint density at radius 2 is 1.10 bits per heavy atom. The minimum Gasteiger partial charge on any atom is -0.454 e. The van der Waals surface area contributed by atoms with Crippen molar-refractivity contribution in [2.75, 3.05) is 13.2 Å². The van der Waals surface area contributed by atoms with E-state index in [2.05, 4.69) is 62.5 Å². The summed E-state index contributed by atoms with van der Waals surface area (Å²) in [6, 6.07) is -1.04. The molecule has 0 aromatic rings. The molecule has 0 aromatic carbocycles. The molecule has 1 aliphatic rings. The zero-order chi connectivity index (χ0) is 51.1. The number of hydrogen-bond acceptors (Lipinski definition) is 10. The molecule has 1 fully saturated rings. The van der Waals surface area contributed by atoms with Crippen LogP contribution in [0.4, 0.5) is 0 Å². The molecule has 70 heavy (non-hydrogen) atoms. The van der Waals surface area contributed by atoms with Crippen molar-refractivity contribution < 1.29 is 49.3 Å². The van der Waals surface area contributed by atoms with E-state index in [0.29, 0.717) is 12.8 Å². The lowest BCUT2D eigenvalue weighted by Crippen LogP contribution is -2.61. The molecule has 11 nitrogen and oxygen atoms in total. The van der Waals surface area contributed by atoms with Gasteiger partial charge in [-0.2, -0.15) is 0 Å². The number of nitrogens with one attached hydrogen (secondary N) is 1. The van der Waals surface area contributed by atoms with Crippen LogP contribution in [-0.4, -0.2) is 99.6 Å². The van der Waals surface area contributed by atoms with Crippen LogP contribution < -0.4 is 5.32 Å². The lowest BCUT2D eigenvalue weighted by atomic mass is 9.99. The highest BCUT2D eigenvalue weighted by molar-refractivity contribution is 5.80. The summed E-state index contributed by atoms with van der Waals surface area (Å²) < 4.78 is 17.5. The smallest absolute Gasteiger partial charge is 0.306 e. The maximum Gasteiger partial charge on any atom is 0.306 e. The molecule has 8 unspecified atom stereocenters. The Morgan fingerprint density at radius 1 is 0.586 bits per heavy atom. The van der Waals surface area contributed by atoms with E-state index >= 15 is 0 Å². The van der Waals surface area contributed by atoms with E-state index in [1.807, 2.05) is 42.5 Å². The summed E-state index contributed by atoms with van der Waals surface area (Å²) in [5.74, 6) is -1.23. The molecule has 402 valence electrons. The van der Waals surface area contributed by atoms with Gasteiger partial charge in [-0.05, 0) is 70.6 Å². The molecule has 1 aliphatic heterocycles. The number of unbranched alkanes of at least 4 members (excludes halogenated alkanes) is 22. The number of ether oxygens (including phenoxy) is 3. The highest BCUT2D eigenvalue weighted by atomic mass is 16.7. The van der Waals surface area contributed by atoms with Crippen molar-refractivity contribution in [2.45, 2.75) is 262 Å². The summed E-state index contributed by atoms with van der Waals surface area (Å²) >= 11 is 0. The van der Waals surface area contributed by atoms with Gasteiger partial charge < -0.3 is 45.1 Å². The Bertz CT molecular complexity index is 1460. The predicted octanol–water partition coefficient (Wildman–Crippen LogP) is 12.2. The largest absolute Gasteiger partial charge is 0.454 e. The van der Waals surface area contributed by atoms with Gasteiger partial charge in [-0.1, -0.05) is 221 Å². The van der Waals surface area contributed by atoms with Gasteiger partial charge in [0.2, 0.25) is 5.91 Å². The van der Waals surface area contributed by atoms with Gasteiger partial charge in [-0.3, -0.25) is 9.59 Å². The third-order valence-electron chi connectivity index (χ3n) is 12.6. The second-order valence-electron chi connectivity index (χ2n) is 19.0. The molecule has 1 amide bonds. The molecule has 6 N–H and O–H groups in total. The fraction of sp³-hybridized carbons (Fsp3) is 0.729. The first-order chi connectivity index (χ1) is 34.2. The molecule has 0 radical (unpaired) electrons. The van der Waals surface area contributed by atoms with Crippen LogP contribution in [0.3, 0.4) is 0 Å². The maximum absolute atomic E-state index is 13.4. The van der Waals surface area contributed by atoms with Crippen LogP contribution >= 0.6 is 0 Å². The van der Waals surface area contributed by atoms with Gasteiger partial charge in [0.05, 0.1) is 25.4 Å². The van der Waals surface area contributed by atoms with Crippen LogP contribution in [-0.2, 0) is 23.8 Å². The van der Waals surface area contributed by atoms with E-state index in [1.165, 1.54) is 64.2 Å². The molecule has 0 bridgehead atoms. The second kappa shape index (κ2) is 46.9. The molecule has 1 saturated heterocycles. The van der Waals surface area contributed by atoms with Crippen LogP contribution in [0.25, 0.3) is 0 Å². The molecule has 8 atom stereocenters. The van der Waals surface area contributed by atoms with Crippen LogP contribution in [0, 0.1) is 0 Å². The number of hydrogen-bond donors (Lipinski definition) is 6. The summed E-state index contributed by atoms with van der Waals surface area (Å²) in [4.78, 5) is 26.4. The van der Waals surface area contributed by atoms with Gasteiger partial charge in [0.15, 0.2) is 12.4 Å². The lowest BCUT2D eigenvalue weighted by molar-refractivity contribution is -0.305. The van der Waals surface area contributed by atoms with Crippen LogP contribution in [0.2, 0.25) is 0 Å². The first-order valence-electron chi connectivity index (χ1n) is 27.9. The molecular formula is C59H101NO10. The number of aliphatic hydroxyl groups excluding tert-OH is 5. The van der Waals surface area contributed by atoms with Crippen molar-refractivity contribution in [1.82, 2.24) is 5.32 Å². The standard InChI is InChI=1S/C59H101NO10/c1-4-7-10-13-16-19-22-25-28-31-34-37-40-43-46-52(63)58(67)60-50(51(62)45-42-39-36-33-30-27-24-21-18-15-12-9-6-3)49-68-59-57(56(66)55(65)53(48-61)69-59)70-54(64)47-44-41-38-35-32-29-26-23-20-17-14-11-8-5-2/h7-8,10-11,13,16-17,19-20,22,25,28,42,45,50-53,55-57,59,61-63,65-66H,4-6,9,12,14-15,18,21,23-24,26-27,29-41,43-44,46-49H2,1-3H3,(H,60,67)/b10-7+,11-8+,16-13+,20-17+,22-19+,28-25-,45-42+. The number of amides is 1. The number of allylic oxidation sites excluding steroid dienone is 13. The Morgan fingerprint density at radius 3 is 1.70 bits per heavy atom. The molecule has 0 saturated carbocycles. The van der Waals surface area contributed by atoms with Crippen molar-refractivity contribution in [2.24, 2.45) is 0 Å². The van der Waals surface area contributed by atoms with Crippen LogP contribution in [0.5, 0.6) is 0 Å².